The second kappa shape index (κ2) is 12.1. The van der Waals surface area contributed by atoms with Gasteiger partial charge in [0.25, 0.3) is 5.91 Å². The molecule has 3 aromatic carbocycles. The van der Waals surface area contributed by atoms with E-state index in [9.17, 15) is 14.7 Å². The fourth-order valence-corrected chi connectivity index (χ4v) is 3.96. The topological polar surface area (TPSA) is 95.9 Å². The van der Waals surface area contributed by atoms with E-state index in [1.54, 1.807) is 12.1 Å². The van der Waals surface area contributed by atoms with Crippen LogP contribution in [0.4, 0.5) is 0 Å². The quantitative estimate of drug-likeness (QED) is 0.316. The summed E-state index contributed by atoms with van der Waals surface area (Å²) >= 11 is 0. The van der Waals surface area contributed by atoms with Gasteiger partial charge in [0.2, 0.25) is 0 Å². The third kappa shape index (κ3) is 7.92. The number of benzene rings is 3. The normalized spacial score (nSPS) is 13.2. The van der Waals surface area contributed by atoms with Crippen molar-refractivity contribution in [2.75, 3.05) is 6.54 Å². The molecule has 0 aliphatic carbocycles. The van der Waals surface area contributed by atoms with E-state index in [0.29, 0.717) is 11.5 Å². The van der Waals surface area contributed by atoms with Gasteiger partial charge in [0.05, 0.1) is 6.54 Å². The molecular formula is C31H37NO5. The number of nitrogens with one attached hydrogen (secondary N) is 1. The van der Waals surface area contributed by atoms with Gasteiger partial charge >= 0.3 is 5.97 Å². The van der Waals surface area contributed by atoms with Crippen LogP contribution < -0.4 is 10.1 Å². The summed E-state index contributed by atoms with van der Waals surface area (Å²) in [7, 11) is 0. The van der Waals surface area contributed by atoms with Crippen molar-refractivity contribution in [2.45, 2.75) is 58.7 Å². The summed E-state index contributed by atoms with van der Waals surface area (Å²) in [4.78, 5) is 23.0. The van der Waals surface area contributed by atoms with Crippen LogP contribution in [0.5, 0.6) is 5.75 Å². The van der Waals surface area contributed by atoms with Gasteiger partial charge in [-0.15, -0.1) is 0 Å². The average Bonchev–Trinajstić information content (AvgIpc) is 2.86. The highest BCUT2D eigenvalue weighted by atomic mass is 16.5. The van der Waals surface area contributed by atoms with E-state index < -0.39 is 18.0 Å². The molecule has 37 heavy (non-hydrogen) atoms. The molecule has 3 rings (SSSR count). The molecule has 0 aliphatic heterocycles. The number of hydrogen-bond donors (Lipinski definition) is 3. The molecule has 6 heteroatoms. The highest BCUT2D eigenvalue weighted by Gasteiger charge is 2.18. The number of carbonyl (C=O) groups is 2. The van der Waals surface area contributed by atoms with Gasteiger partial charge in [-0.3, -0.25) is 4.79 Å². The maximum atomic E-state index is 12.3. The molecule has 0 heterocycles. The Kier molecular flexibility index (Phi) is 9.11. The van der Waals surface area contributed by atoms with Crippen LogP contribution in [-0.2, 0) is 10.2 Å². The Morgan fingerprint density at radius 3 is 1.89 bits per heavy atom. The molecule has 0 aliphatic rings. The Morgan fingerprint density at radius 2 is 1.41 bits per heavy atom. The van der Waals surface area contributed by atoms with E-state index in [2.05, 4.69) is 76.3 Å². The summed E-state index contributed by atoms with van der Waals surface area (Å²) in [6.45, 7) is 10.5. The molecule has 3 N–H and O–H groups in total. The lowest BCUT2D eigenvalue weighted by Crippen LogP contribution is -2.36. The summed E-state index contributed by atoms with van der Waals surface area (Å²) in [5.74, 6) is -0.661. The molecule has 196 valence electrons. The maximum absolute atomic E-state index is 12.3. The summed E-state index contributed by atoms with van der Waals surface area (Å²) in [6, 6.07) is 23.8. The van der Waals surface area contributed by atoms with Crippen molar-refractivity contribution in [1.29, 1.82) is 0 Å². The Hall–Kier alpha value is -3.64. The van der Waals surface area contributed by atoms with Gasteiger partial charge in [0, 0.05) is 5.56 Å². The number of aliphatic carboxylic acids is 1. The summed E-state index contributed by atoms with van der Waals surface area (Å²) < 4.78 is 6.37. The van der Waals surface area contributed by atoms with Crippen LogP contribution in [0.2, 0.25) is 0 Å². The number of ether oxygens (including phenoxy) is 1. The van der Waals surface area contributed by atoms with E-state index in [1.165, 1.54) is 5.56 Å². The van der Waals surface area contributed by atoms with Crippen LogP contribution >= 0.6 is 0 Å². The second-order valence-electron chi connectivity index (χ2n) is 10.8. The van der Waals surface area contributed by atoms with Crippen LogP contribution in [0, 0.1) is 5.92 Å². The Labute approximate surface area is 219 Å². The van der Waals surface area contributed by atoms with E-state index in [4.69, 9.17) is 9.84 Å². The van der Waals surface area contributed by atoms with E-state index >= 15 is 0 Å². The lowest BCUT2D eigenvalue weighted by atomic mass is 9.86. The van der Waals surface area contributed by atoms with Crippen molar-refractivity contribution < 1.29 is 24.5 Å². The van der Waals surface area contributed by atoms with Gasteiger partial charge in [-0.2, -0.15) is 0 Å². The van der Waals surface area contributed by atoms with Gasteiger partial charge in [-0.25, -0.2) is 4.79 Å². The number of carboxylic acids is 1. The third-order valence-electron chi connectivity index (χ3n) is 6.19. The van der Waals surface area contributed by atoms with Gasteiger partial charge in [0.1, 0.15) is 11.9 Å². The average molecular weight is 504 g/mol. The first-order valence-electron chi connectivity index (χ1n) is 12.6. The van der Waals surface area contributed by atoms with Crippen LogP contribution in [0.25, 0.3) is 11.1 Å². The molecule has 1 amide bonds. The van der Waals surface area contributed by atoms with Gasteiger partial charge in [0.15, 0.2) is 6.10 Å². The zero-order chi connectivity index (χ0) is 27.2. The minimum atomic E-state index is -1.64. The predicted molar refractivity (Wildman–Crippen MR) is 146 cm³/mol. The Bertz CT molecular complexity index is 1180. The molecule has 3 aromatic rings. The van der Waals surface area contributed by atoms with Crippen molar-refractivity contribution in [1.82, 2.24) is 5.32 Å². The van der Waals surface area contributed by atoms with Gasteiger partial charge in [-0.1, -0.05) is 83.1 Å². The Balaban J connectivity index is 1.70. The number of amides is 1. The molecule has 2 atom stereocenters. The highest BCUT2D eigenvalue weighted by molar-refractivity contribution is 5.94. The summed E-state index contributed by atoms with van der Waals surface area (Å²) in [5, 5.41) is 20.5. The predicted octanol–water partition coefficient (Wildman–Crippen LogP) is 5.99. The number of aliphatic hydroxyl groups is 1. The first kappa shape index (κ1) is 27.9. The largest absolute Gasteiger partial charge is 0.486 e. The number of carbonyl (C=O) groups excluding carboxylic acids is 1. The molecule has 6 nitrogen and oxygen atoms in total. The van der Waals surface area contributed by atoms with E-state index in [0.717, 1.165) is 28.9 Å². The number of aliphatic hydroxyl groups excluding tert-OH is 1. The van der Waals surface area contributed by atoms with E-state index in [-0.39, 0.29) is 18.1 Å². The van der Waals surface area contributed by atoms with Gasteiger partial charge in [-0.05, 0) is 64.3 Å². The minimum absolute atomic E-state index is 0.118. The smallest absolute Gasteiger partial charge is 0.334 e. The van der Waals surface area contributed by atoms with Crippen molar-refractivity contribution >= 4 is 11.9 Å². The zero-order valence-corrected chi connectivity index (χ0v) is 22.2. The zero-order valence-electron chi connectivity index (χ0n) is 22.2. The molecule has 0 saturated heterocycles. The molecule has 0 spiro atoms. The fourth-order valence-electron chi connectivity index (χ4n) is 3.96. The SMILES string of the molecule is CC(C)CC(Oc1ccc(-c2ccc(C(C)(C)C)cc2)cc1)c1ccc(C(=O)NC[C@@H](O)C(=O)O)cc1. The van der Waals surface area contributed by atoms with Crippen molar-refractivity contribution in [2.24, 2.45) is 5.92 Å². The minimum Gasteiger partial charge on any atom is -0.486 e. The standard InChI is InChI=1S/C31H37NO5/c1-20(2)18-28(23-6-8-24(9-7-23)29(34)32-19-27(33)30(35)36)37-26-16-12-22(13-17-26)21-10-14-25(15-11-21)31(3,4)5/h6-17,20,27-28,33H,18-19H2,1-5H3,(H,32,34)(H,35,36)/t27-,28?/m1/s1. The van der Waals surface area contributed by atoms with Crippen molar-refractivity contribution in [3.8, 4) is 16.9 Å². The van der Waals surface area contributed by atoms with Crippen LogP contribution in [-0.4, -0.2) is 34.7 Å². The molecule has 0 bridgehead atoms. The van der Waals surface area contributed by atoms with Gasteiger partial charge < -0.3 is 20.3 Å². The molecular weight excluding hydrogens is 466 g/mol. The lowest BCUT2D eigenvalue weighted by Gasteiger charge is -2.22. The maximum Gasteiger partial charge on any atom is 0.334 e. The number of rotatable bonds is 10. The first-order chi connectivity index (χ1) is 17.4. The van der Waals surface area contributed by atoms with Crippen molar-refractivity contribution in [3.05, 3.63) is 89.5 Å². The molecule has 0 saturated carbocycles. The number of carboxylic acid groups (broad SMARTS) is 1. The first-order valence-corrected chi connectivity index (χ1v) is 12.6. The molecule has 0 radical (unpaired) electrons. The van der Waals surface area contributed by atoms with Crippen molar-refractivity contribution in [3.63, 3.8) is 0 Å². The summed E-state index contributed by atoms with van der Waals surface area (Å²) in [6.07, 6.45) is -1.03. The van der Waals surface area contributed by atoms with Crippen LogP contribution in [0.3, 0.4) is 0 Å². The van der Waals surface area contributed by atoms with Crippen LogP contribution in [0.1, 0.15) is 68.6 Å². The molecule has 0 aromatic heterocycles. The lowest BCUT2D eigenvalue weighted by molar-refractivity contribution is -0.146. The number of hydrogen-bond acceptors (Lipinski definition) is 4. The fraction of sp³-hybridized carbons (Fsp3) is 0.355. The summed E-state index contributed by atoms with van der Waals surface area (Å²) in [5.41, 5.74) is 5.02. The Morgan fingerprint density at radius 1 is 0.865 bits per heavy atom. The highest BCUT2D eigenvalue weighted by Crippen LogP contribution is 2.31. The third-order valence-corrected chi connectivity index (χ3v) is 6.19. The van der Waals surface area contributed by atoms with Crippen LogP contribution in [0.15, 0.2) is 72.8 Å². The van der Waals surface area contributed by atoms with E-state index in [1.807, 2.05) is 24.3 Å². The second-order valence-corrected chi connectivity index (χ2v) is 10.8. The molecule has 1 unspecified atom stereocenters. The monoisotopic (exact) mass is 503 g/mol. The molecule has 0 fully saturated rings.